The number of hydrogen-bond donors (Lipinski definition) is 1. The highest BCUT2D eigenvalue weighted by atomic mass is 32.2. The van der Waals surface area contributed by atoms with Gasteiger partial charge in [0.25, 0.3) is 5.91 Å². The summed E-state index contributed by atoms with van der Waals surface area (Å²) in [5.74, 6) is -1.51. The van der Waals surface area contributed by atoms with Crippen LogP contribution in [0.2, 0.25) is 0 Å². The molecular formula is C15H13N2O5S3-. The van der Waals surface area contributed by atoms with E-state index in [4.69, 9.17) is 12.2 Å². The number of hydrogen-bond acceptors (Lipinski definition) is 7. The molecule has 25 heavy (non-hydrogen) atoms. The van der Waals surface area contributed by atoms with Crippen molar-refractivity contribution in [3.05, 3.63) is 43.2 Å². The molecule has 10 heteroatoms. The van der Waals surface area contributed by atoms with Crippen LogP contribution in [0.1, 0.15) is 17.4 Å². The molecule has 1 aromatic heterocycles. The van der Waals surface area contributed by atoms with E-state index in [0.29, 0.717) is 10.6 Å². The van der Waals surface area contributed by atoms with Crippen molar-refractivity contribution < 1.29 is 22.9 Å². The van der Waals surface area contributed by atoms with Crippen LogP contribution >= 0.6 is 23.6 Å². The molecule has 2 heterocycles. The van der Waals surface area contributed by atoms with Gasteiger partial charge in [0.15, 0.2) is 3.95 Å². The first kappa shape index (κ1) is 17.9. The molecule has 1 N–H and O–H groups in total. The Kier molecular flexibility index (Phi) is 4.62. The smallest absolute Gasteiger partial charge is 0.279 e. The second kappa shape index (κ2) is 6.45. The van der Waals surface area contributed by atoms with E-state index >= 15 is 0 Å². The van der Waals surface area contributed by atoms with Crippen molar-refractivity contribution in [1.82, 2.24) is 4.57 Å². The number of aryl methyl sites for hydroxylation is 1. The number of benzene rings is 1. The Labute approximate surface area is 152 Å². The number of nitrogens with zero attached hydrogens (tertiary/aromatic N) is 2. The maximum absolute atomic E-state index is 12.3. The van der Waals surface area contributed by atoms with E-state index in [1.54, 1.807) is 6.07 Å². The summed E-state index contributed by atoms with van der Waals surface area (Å²) in [4.78, 5) is 16.5. The van der Waals surface area contributed by atoms with Gasteiger partial charge in [0.1, 0.15) is 4.88 Å². The van der Waals surface area contributed by atoms with Crippen molar-refractivity contribution in [2.45, 2.75) is 19.9 Å². The van der Waals surface area contributed by atoms with E-state index in [1.165, 1.54) is 0 Å². The van der Waals surface area contributed by atoms with Gasteiger partial charge >= 0.3 is 0 Å². The molecule has 0 fully saturated rings. The molecule has 132 valence electrons. The van der Waals surface area contributed by atoms with Crippen molar-refractivity contribution in [3.63, 3.8) is 0 Å². The number of carbonyl (C=O) groups excluding carboxylic acids is 1. The zero-order chi connectivity index (χ0) is 18.4. The van der Waals surface area contributed by atoms with E-state index in [2.05, 4.69) is 4.99 Å². The molecule has 0 unspecified atom stereocenters. The molecule has 0 radical (unpaired) electrons. The first-order valence-corrected chi connectivity index (χ1v) is 10.1. The Morgan fingerprint density at radius 3 is 2.76 bits per heavy atom. The summed E-state index contributed by atoms with van der Waals surface area (Å²) in [7, 11) is -4.45. The number of thiazole rings is 1. The maximum atomic E-state index is 12.3. The van der Waals surface area contributed by atoms with Gasteiger partial charge in [-0.3, -0.25) is 9.36 Å². The van der Waals surface area contributed by atoms with Gasteiger partial charge in [0.05, 0.1) is 26.8 Å². The molecule has 0 saturated carbocycles. The van der Waals surface area contributed by atoms with Gasteiger partial charge in [-0.1, -0.05) is 13.0 Å². The minimum absolute atomic E-state index is 0.177. The first-order chi connectivity index (χ1) is 11.7. The van der Waals surface area contributed by atoms with E-state index in [-0.39, 0.29) is 26.8 Å². The summed E-state index contributed by atoms with van der Waals surface area (Å²) in [6.45, 7) is 1.71. The van der Waals surface area contributed by atoms with Crippen LogP contribution in [0.25, 0.3) is 5.57 Å². The van der Waals surface area contributed by atoms with Crippen molar-refractivity contribution >= 4 is 45.2 Å². The largest absolute Gasteiger partial charge is 0.748 e. The standard InChI is InChI=1S/C15H14N2O5S3/c1-2-8-3-4-10-9(7-8)11(13(18)16-10)12-14(19)17(15(23)24-12)5-6-25(20,21)22/h3-4,7,19H,2,5-6H2,1H3,(H,20,21,22)/p-1. The first-order valence-electron chi connectivity index (χ1n) is 7.34. The van der Waals surface area contributed by atoms with Gasteiger partial charge in [0.2, 0.25) is 5.88 Å². The fourth-order valence-electron chi connectivity index (χ4n) is 2.56. The lowest BCUT2D eigenvalue weighted by molar-refractivity contribution is -0.112. The Hall–Kier alpha value is -1.88. The van der Waals surface area contributed by atoms with Crippen LogP contribution in [0.4, 0.5) is 0 Å². The quantitative estimate of drug-likeness (QED) is 0.579. The van der Waals surface area contributed by atoms with Gasteiger partial charge in [-0.05, 0) is 36.3 Å². The molecule has 1 aromatic carbocycles. The minimum Gasteiger partial charge on any atom is -0.748 e. The van der Waals surface area contributed by atoms with E-state index in [0.717, 1.165) is 27.9 Å². The average molecular weight is 397 g/mol. The lowest BCUT2D eigenvalue weighted by atomic mass is 10.1. The van der Waals surface area contributed by atoms with Crippen molar-refractivity contribution in [1.29, 1.82) is 0 Å². The van der Waals surface area contributed by atoms with Crippen LogP contribution in [-0.4, -0.2) is 34.3 Å². The monoisotopic (exact) mass is 397 g/mol. The van der Waals surface area contributed by atoms with E-state index in [1.807, 2.05) is 19.1 Å². The zero-order valence-corrected chi connectivity index (χ0v) is 15.5. The summed E-state index contributed by atoms with van der Waals surface area (Å²) in [5, 5.41) is 11.6. The predicted molar refractivity (Wildman–Crippen MR) is 93.5 cm³/mol. The molecular weight excluding hydrogens is 384 g/mol. The summed E-state index contributed by atoms with van der Waals surface area (Å²) >= 11 is 6.12. The second-order valence-corrected chi connectivity index (χ2v) is 8.60. The Balaban J connectivity index is 2.18. The zero-order valence-electron chi connectivity index (χ0n) is 13.1. The molecule has 7 nitrogen and oxygen atoms in total. The summed E-state index contributed by atoms with van der Waals surface area (Å²) in [5.41, 5.74) is 1.25. The maximum Gasteiger partial charge on any atom is 0.279 e. The fraction of sp³-hybridized carbons (Fsp3) is 0.267. The van der Waals surface area contributed by atoms with Gasteiger partial charge < -0.3 is 9.66 Å². The molecule has 0 spiro atoms. The van der Waals surface area contributed by atoms with Gasteiger partial charge in [-0.2, -0.15) is 0 Å². The highest BCUT2D eigenvalue weighted by Gasteiger charge is 2.25. The molecule has 1 amide bonds. The predicted octanol–water partition coefficient (Wildman–Crippen LogP) is 0.451. The number of aromatic nitrogens is 1. The lowest BCUT2D eigenvalue weighted by Crippen LogP contribution is -2.23. The van der Waals surface area contributed by atoms with E-state index < -0.39 is 21.8 Å². The summed E-state index contributed by atoms with van der Waals surface area (Å²) in [6.07, 6.45) is 0.777. The van der Waals surface area contributed by atoms with Crippen molar-refractivity contribution in [2.24, 2.45) is 4.99 Å². The molecule has 1 aliphatic heterocycles. The Morgan fingerprint density at radius 2 is 2.12 bits per heavy atom. The third-order valence-electron chi connectivity index (χ3n) is 3.83. The second-order valence-electron chi connectivity index (χ2n) is 5.43. The molecule has 2 aromatic rings. The highest BCUT2D eigenvalue weighted by molar-refractivity contribution is 7.85. The SMILES string of the molecule is CCc1ccc2c(c1)=C(c1sc(=S)n(CCS(=O)(=O)[O-])c1O)C(=O)N=2. The van der Waals surface area contributed by atoms with Crippen LogP contribution in [0.15, 0.2) is 23.2 Å². The fourth-order valence-corrected chi connectivity index (χ4v) is 4.36. The summed E-state index contributed by atoms with van der Waals surface area (Å²) < 4.78 is 33.8. The Bertz CT molecular complexity index is 1160. The topological polar surface area (TPSA) is 112 Å². The van der Waals surface area contributed by atoms with E-state index in [9.17, 15) is 22.9 Å². The number of rotatable bonds is 5. The number of carbonyl (C=O) groups is 1. The van der Waals surface area contributed by atoms with Crippen LogP contribution in [0, 0.1) is 3.95 Å². The number of aromatic hydroxyl groups is 1. The van der Waals surface area contributed by atoms with Crippen LogP contribution in [0.3, 0.4) is 0 Å². The molecule has 3 rings (SSSR count). The number of fused-ring (bicyclic) bond motifs is 1. The Morgan fingerprint density at radius 1 is 1.40 bits per heavy atom. The van der Waals surface area contributed by atoms with Crippen molar-refractivity contribution in [3.8, 4) is 5.88 Å². The third-order valence-corrected chi connectivity index (χ3v) is 5.97. The molecule has 0 saturated heterocycles. The van der Waals surface area contributed by atoms with Gasteiger partial charge in [-0.15, -0.1) is 11.3 Å². The third kappa shape index (κ3) is 3.43. The number of amides is 1. The normalized spacial score (nSPS) is 13.8. The van der Waals surface area contributed by atoms with Crippen LogP contribution in [0.5, 0.6) is 5.88 Å². The van der Waals surface area contributed by atoms with Gasteiger partial charge in [0, 0.05) is 11.8 Å². The van der Waals surface area contributed by atoms with Crippen LogP contribution in [-0.2, 0) is 27.9 Å². The molecule has 1 aliphatic rings. The molecule has 0 bridgehead atoms. The van der Waals surface area contributed by atoms with Gasteiger partial charge in [-0.25, -0.2) is 13.4 Å². The summed E-state index contributed by atoms with van der Waals surface area (Å²) in [6, 6.07) is 5.47. The van der Waals surface area contributed by atoms with Crippen LogP contribution < -0.4 is 10.6 Å². The molecule has 0 aliphatic carbocycles. The lowest BCUT2D eigenvalue weighted by Gasteiger charge is -2.08. The minimum atomic E-state index is -4.45. The molecule has 0 atom stereocenters. The highest BCUT2D eigenvalue weighted by Crippen LogP contribution is 2.32. The van der Waals surface area contributed by atoms with Crippen molar-refractivity contribution in [2.75, 3.05) is 5.75 Å². The average Bonchev–Trinajstić information content (AvgIpc) is 2.99.